The van der Waals surface area contributed by atoms with Crippen molar-refractivity contribution in [2.24, 2.45) is 0 Å². The molecule has 32 heavy (non-hydrogen) atoms. The second kappa shape index (κ2) is 8.51. The maximum Gasteiger partial charge on any atom is 0.226 e. The maximum atomic E-state index is 12.9. The lowest BCUT2D eigenvalue weighted by atomic mass is 10.1. The second-order valence-corrected chi connectivity index (χ2v) is 7.59. The molecule has 0 spiro atoms. The van der Waals surface area contributed by atoms with Crippen LogP contribution in [0.5, 0.6) is 0 Å². The van der Waals surface area contributed by atoms with Gasteiger partial charge in [0.1, 0.15) is 17.2 Å². The summed E-state index contributed by atoms with van der Waals surface area (Å²) in [5.41, 5.74) is 4.52. The number of pyridine rings is 1. The first-order valence-electron chi connectivity index (χ1n) is 10.5. The summed E-state index contributed by atoms with van der Waals surface area (Å²) < 4.78 is 7.75. The van der Waals surface area contributed by atoms with Gasteiger partial charge in [-0.2, -0.15) is 0 Å². The van der Waals surface area contributed by atoms with Crippen LogP contribution in [0.2, 0.25) is 0 Å². The van der Waals surface area contributed by atoms with Crippen molar-refractivity contribution in [1.82, 2.24) is 14.4 Å². The molecule has 0 fully saturated rings. The molecule has 0 atom stereocenters. The number of amides is 1. The molecule has 0 saturated heterocycles. The van der Waals surface area contributed by atoms with E-state index < -0.39 is 0 Å². The third-order valence-electron chi connectivity index (χ3n) is 5.33. The van der Waals surface area contributed by atoms with Crippen LogP contribution in [0.4, 0.5) is 5.82 Å². The monoisotopic (exact) mass is 422 g/mol. The lowest BCUT2D eigenvalue weighted by Gasteiger charge is -2.08. The van der Waals surface area contributed by atoms with Gasteiger partial charge in [-0.3, -0.25) is 9.20 Å². The van der Waals surface area contributed by atoms with E-state index in [0.717, 1.165) is 28.0 Å². The average Bonchev–Trinajstić information content (AvgIpc) is 3.45. The summed E-state index contributed by atoms with van der Waals surface area (Å²) in [6.07, 6.45) is 4.28. The van der Waals surface area contributed by atoms with E-state index in [-0.39, 0.29) is 12.3 Å². The van der Waals surface area contributed by atoms with E-state index in [2.05, 4.69) is 10.3 Å². The Kier molecular flexibility index (Phi) is 5.25. The third-order valence-corrected chi connectivity index (χ3v) is 5.33. The van der Waals surface area contributed by atoms with E-state index >= 15 is 0 Å². The number of oxazole rings is 1. The van der Waals surface area contributed by atoms with Crippen molar-refractivity contribution in [2.75, 3.05) is 5.32 Å². The third kappa shape index (κ3) is 3.90. The number of hydrogen-bond acceptors (Lipinski definition) is 4. The molecular formula is C26H22N4O2. The number of anilines is 1. The number of aryl methyl sites for hydroxylation is 2. The lowest BCUT2D eigenvalue weighted by molar-refractivity contribution is -0.116. The molecule has 2 aromatic carbocycles. The number of aromatic nitrogens is 3. The van der Waals surface area contributed by atoms with E-state index in [4.69, 9.17) is 9.40 Å². The zero-order valence-corrected chi connectivity index (χ0v) is 17.7. The van der Waals surface area contributed by atoms with Gasteiger partial charge in [0.05, 0.1) is 6.20 Å². The summed E-state index contributed by atoms with van der Waals surface area (Å²) in [5.74, 6) is 1.78. The number of nitrogens with zero attached hydrogens (tertiary/aromatic N) is 3. The van der Waals surface area contributed by atoms with Crippen LogP contribution in [-0.4, -0.2) is 20.3 Å². The summed E-state index contributed by atoms with van der Waals surface area (Å²) in [6.45, 7) is 2.01. The summed E-state index contributed by atoms with van der Waals surface area (Å²) in [5, 5.41) is 3.06. The normalized spacial score (nSPS) is 11.0. The first-order valence-corrected chi connectivity index (χ1v) is 10.5. The molecule has 0 aliphatic carbocycles. The molecule has 1 N–H and O–H groups in total. The number of nitrogens with one attached hydrogen (secondary N) is 1. The summed E-state index contributed by atoms with van der Waals surface area (Å²) in [4.78, 5) is 22.0. The Morgan fingerprint density at radius 2 is 1.69 bits per heavy atom. The fraction of sp³-hybridized carbons (Fsp3) is 0.115. The molecule has 6 heteroatoms. The fourth-order valence-electron chi connectivity index (χ4n) is 3.70. The molecule has 6 nitrogen and oxygen atoms in total. The number of carbonyl (C=O) groups excluding carboxylic acids is 1. The van der Waals surface area contributed by atoms with Crippen LogP contribution in [0.3, 0.4) is 0 Å². The molecule has 1 amide bonds. The SMILES string of the molecule is Cc1cccn2c(NC(=O)CCc3ncc(-c4ccccc4)o3)c(-c3ccccc3)nc12. The van der Waals surface area contributed by atoms with Crippen LogP contribution in [0, 0.1) is 6.92 Å². The largest absolute Gasteiger partial charge is 0.441 e. The minimum atomic E-state index is -0.120. The molecule has 3 aromatic heterocycles. The molecule has 0 aliphatic heterocycles. The molecule has 0 bridgehead atoms. The van der Waals surface area contributed by atoms with Crippen LogP contribution < -0.4 is 5.32 Å². The number of carbonyl (C=O) groups is 1. The zero-order valence-electron chi connectivity index (χ0n) is 17.7. The van der Waals surface area contributed by atoms with Crippen molar-refractivity contribution in [3.63, 3.8) is 0 Å². The Morgan fingerprint density at radius 1 is 0.969 bits per heavy atom. The molecule has 0 radical (unpaired) electrons. The van der Waals surface area contributed by atoms with Crippen molar-refractivity contribution >= 4 is 17.4 Å². The minimum Gasteiger partial charge on any atom is -0.441 e. The first-order chi connectivity index (χ1) is 15.7. The number of imidazole rings is 1. The van der Waals surface area contributed by atoms with Gasteiger partial charge in [-0.1, -0.05) is 66.7 Å². The summed E-state index contributed by atoms with van der Waals surface area (Å²) in [7, 11) is 0. The van der Waals surface area contributed by atoms with Crippen LogP contribution in [0.15, 0.2) is 89.6 Å². The van der Waals surface area contributed by atoms with E-state index in [0.29, 0.717) is 23.9 Å². The molecule has 3 heterocycles. The average molecular weight is 422 g/mol. The molecular weight excluding hydrogens is 400 g/mol. The predicted octanol–water partition coefficient (Wildman–Crippen LogP) is 5.54. The summed E-state index contributed by atoms with van der Waals surface area (Å²) in [6, 6.07) is 23.6. The highest BCUT2D eigenvalue weighted by Gasteiger charge is 2.18. The van der Waals surface area contributed by atoms with E-state index in [1.165, 1.54) is 0 Å². The van der Waals surface area contributed by atoms with Crippen molar-refractivity contribution in [2.45, 2.75) is 19.8 Å². The minimum absolute atomic E-state index is 0.120. The Morgan fingerprint density at radius 3 is 2.44 bits per heavy atom. The first kappa shape index (κ1) is 19.8. The highest BCUT2D eigenvalue weighted by molar-refractivity contribution is 5.94. The van der Waals surface area contributed by atoms with Gasteiger partial charge in [0, 0.05) is 30.2 Å². The number of rotatable bonds is 6. The van der Waals surface area contributed by atoms with Gasteiger partial charge in [0.25, 0.3) is 0 Å². The van der Waals surface area contributed by atoms with Crippen LogP contribution in [0.25, 0.3) is 28.2 Å². The van der Waals surface area contributed by atoms with Gasteiger partial charge in [0.2, 0.25) is 5.91 Å². The van der Waals surface area contributed by atoms with Crippen molar-refractivity contribution in [3.8, 4) is 22.6 Å². The Labute approximate surface area is 185 Å². The van der Waals surface area contributed by atoms with Gasteiger partial charge in [-0.25, -0.2) is 9.97 Å². The van der Waals surface area contributed by atoms with Crippen molar-refractivity contribution in [1.29, 1.82) is 0 Å². The van der Waals surface area contributed by atoms with Crippen LogP contribution >= 0.6 is 0 Å². The Bertz CT molecular complexity index is 1370. The predicted molar refractivity (Wildman–Crippen MR) is 124 cm³/mol. The van der Waals surface area contributed by atoms with Gasteiger partial charge in [-0.15, -0.1) is 0 Å². The van der Waals surface area contributed by atoms with Gasteiger partial charge < -0.3 is 9.73 Å². The number of hydrogen-bond donors (Lipinski definition) is 1. The molecule has 5 rings (SSSR count). The smallest absolute Gasteiger partial charge is 0.226 e. The quantitative estimate of drug-likeness (QED) is 0.390. The Balaban J connectivity index is 1.36. The molecule has 0 unspecified atom stereocenters. The van der Waals surface area contributed by atoms with E-state index in [9.17, 15) is 4.79 Å². The lowest BCUT2D eigenvalue weighted by Crippen LogP contribution is -2.14. The Hall–Kier alpha value is -4.19. The van der Waals surface area contributed by atoms with Crippen LogP contribution in [-0.2, 0) is 11.2 Å². The van der Waals surface area contributed by atoms with Gasteiger partial charge in [0.15, 0.2) is 11.7 Å². The standard InChI is InChI=1S/C26H22N4O2/c1-18-9-8-16-30-25(18)29-24(20-12-6-3-7-13-20)26(30)28-22(31)14-15-23-27-17-21(32-23)19-10-4-2-5-11-19/h2-13,16-17H,14-15H2,1H3,(H,28,31). The molecule has 5 aromatic rings. The van der Waals surface area contributed by atoms with Crippen molar-refractivity contribution < 1.29 is 9.21 Å². The maximum absolute atomic E-state index is 12.9. The van der Waals surface area contributed by atoms with E-state index in [1.807, 2.05) is 90.3 Å². The van der Waals surface area contributed by atoms with Gasteiger partial charge in [-0.05, 0) is 18.6 Å². The molecule has 0 saturated carbocycles. The fourth-order valence-corrected chi connectivity index (χ4v) is 3.70. The summed E-state index contributed by atoms with van der Waals surface area (Å²) >= 11 is 0. The molecule has 0 aliphatic rings. The van der Waals surface area contributed by atoms with Crippen molar-refractivity contribution in [3.05, 3.63) is 96.6 Å². The van der Waals surface area contributed by atoms with Crippen LogP contribution in [0.1, 0.15) is 17.9 Å². The molecule has 158 valence electrons. The number of fused-ring (bicyclic) bond motifs is 1. The van der Waals surface area contributed by atoms with E-state index in [1.54, 1.807) is 6.20 Å². The van der Waals surface area contributed by atoms with Gasteiger partial charge >= 0.3 is 0 Å². The highest BCUT2D eigenvalue weighted by atomic mass is 16.4. The number of benzene rings is 2. The zero-order chi connectivity index (χ0) is 21.9. The highest BCUT2D eigenvalue weighted by Crippen LogP contribution is 2.30. The topological polar surface area (TPSA) is 72.4 Å². The second-order valence-electron chi connectivity index (χ2n) is 7.59.